The molecule has 22 heavy (non-hydrogen) atoms. The van der Waals surface area contributed by atoms with Crippen molar-refractivity contribution in [3.05, 3.63) is 42.4 Å². The number of para-hydroxylation sites is 1. The van der Waals surface area contributed by atoms with Crippen molar-refractivity contribution >= 4 is 0 Å². The van der Waals surface area contributed by atoms with E-state index in [1.807, 2.05) is 24.3 Å². The maximum Gasteiger partial charge on any atom is 0.269 e. The highest BCUT2D eigenvalue weighted by Crippen LogP contribution is 2.31. The molecule has 0 aromatic heterocycles. The summed E-state index contributed by atoms with van der Waals surface area (Å²) in [4.78, 5) is 2.51. The Morgan fingerprint density at radius 1 is 1.09 bits per heavy atom. The molecule has 0 saturated carbocycles. The quantitative estimate of drug-likeness (QED) is 0.783. The number of benzene rings is 1. The largest absolute Gasteiger partial charge is 0.493 e. The van der Waals surface area contributed by atoms with Gasteiger partial charge in [-0.2, -0.15) is 0 Å². The summed E-state index contributed by atoms with van der Waals surface area (Å²) in [6, 6.07) is 7.89. The van der Waals surface area contributed by atoms with E-state index in [-0.39, 0.29) is 6.29 Å². The van der Waals surface area contributed by atoms with Gasteiger partial charge in [-0.05, 0) is 31.5 Å². The zero-order valence-corrected chi connectivity index (χ0v) is 12.9. The van der Waals surface area contributed by atoms with Gasteiger partial charge in [0.05, 0.1) is 12.2 Å². The second-order valence-electron chi connectivity index (χ2n) is 5.56. The smallest absolute Gasteiger partial charge is 0.269 e. The summed E-state index contributed by atoms with van der Waals surface area (Å²) in [6.45, 7) is 6.42. The second-order valence-corrected chi connectivity index (χ2v) is 5.56. The van der Waals surface area contributed by atoms with Crippen LogP contribution < -0.4 is 10.1 Å². The van der Waals surface area contributed by atoms with Crippen LogP contribution in [0.25, 0.3) is 0 Å². The van der Waals surface area contributed by atoms with Gasteiger partial charge in [0.15, 0.2) is 0 Å². The average molecular weight is 304 g/mol. The van der Waals surface area contributed by atoms with Crippen LogP contribution in [0.1, 0.15) is 24.7 Å². The van der Waals surface area contributed by atoms with E-state index in [1.54, 1.807) is 12.5 Å². The van der Waals surface area contributed by atoms with E-state index in [1.165, 1.54) is 6.42 Å². The fourth-order valence-electron chi connectivity index (χ4n) is 2.75. The lowest BCUT2D eigenvalue weighted by Crippen LogP contribution is -2.43. The third-order valence-corrected chi connectivity index (χ3v) is 3.97. The summed E-state index contributed by atoms with van der Waals surface area (Å²) in [5, 5.41) is 3.38. The van der Waals surface area contributed by atoms with Crippen molar-refractivity contribution in [1.82, 2.24) is 10.2 Å². The number of nitrogens with one attached hydrogen (secondary N) is 1. The molecule has 5 nitrogen and oxygen atoms in total. The van der Waals surface area contributed by atoms with E-state index >= 15 is 0 Å². The fourth-order valence-corrected chi connectivity index (χ4v) is 2.75. The van der Waals surface area contributed by atoms with Gasteiger partial charge in [0, 0.05) is 26.2 Å². The van der Waals surface area contributed by atoms with Crippen LogP contribution in [0.2, 0.25) is 0 Å². The molecule has 0 amide bonds. The maximum atomic E-state index is 5.92. The van der Waals surface area contributed by atoms with Crippen LogP contribution in [-0.4, -0.2) is 44.2 Å². The molecule has 1 aromatic carbocycles. The van der Waals surface area contributed by atoms with Gasteiger partial charge in [0.2, 0.25) is 0 Å². The van der Waals surface area contributed by atoms with Gasteiger partial charge >= 0.3 is 0 Å². The minimum Gasteiger partial charge on any atom is -0.493 e. The maximum absolute atomic E-state index is 5.92. The Kier molecular flexibility index (Phi) is 5.56. The van der Waals surface area contributed by atoms with Gasteiger partial charge in [-0.3, -0.25) is 0 Å². The first kappa shape index (κ1) is 15.2. The molecule has 0 radical (unpaired) electrons. The van der Waals surface area contributed by atoms with Crippen LogP contribution in [0.3, 0.4) is 0 Å². The molecular weight excluding hydrogens is 280 g/mol. The van der Waals surface area contributed by atoms with Crippen LogP contribution >= 0.6 is 0 Å². The highest BCUT2D eigenvalue weighted by molar-refractivity contribution is 5.34. The number of unbranched alkanes of at least 4 members (excludes halogenated alkanes) is 1. The van der Waals surface area contributed by atoms with Gasteiger partial charge in [-0.15, -0.1) is 0 Å². The van der Waals surface area contributed by atoms with Crippen molar-refractivity contribution in [1.29, 1.82) is 0 Å². The monoisotopic (exact) mass is 304 g/mol. The zero-order chi connectivity index (χ0) is 15.0. The van der Waals surface area contributed by atoms with Crippen molar-refractivity contribution in [3.63, 3.8) is 0 Å². The molecule has 2 heterocycles. The first-order chi connectivity index (χ1) is 10.9. The predicted octanol–water partition coefficient (Wildman–Crippen LogP) is 2.27. The molecule has 2 aliphatic rings. The van der Waals surface area contributed by atoms with Gasteiger partial charge in [0.1, 0.15) is 18.3 Å². The fraction of sp³-hybridized carbons (Fsp3) is 0.529. The lowest BCUT2D eigenvalue weighted by molar-refractivity contribution is -0.0264. The van der Waals surface area contributed by atoms with Crippen molar-refractivity contribution < 1.29 is 14.2 Å². The van der Waals surface area contributed by atoms with Crippen LogP contribution in [0, 0.1) is 0 Å². The van der Waals surface area contributed by atoms with E-state index in [9.17, 15) is 0 Å². The molecule has 1 fully saturated rings. The van der Waals surface area contributed by atoms with E-state index in [0.29, 0.717) is 0 Å². The number of ether oxygens (including phenoxy) is 3. The predicted molar refractivity (Wildman–Crippen MR) is 84.5 cm³/mol. The summed E-state index contributed by atoms with van der Waals surface area (Å²) in [5.74, 6) is 0.846. The molecule has 5 heteroatoms. The Bertz CT molecular complexity index is 479. The third kappa shape index (κ3) is 4.15. The van der Waals surface area contributed by atoms with Crippen LogP contribution in [0.4, 0.5) is 0 Å². The van der Waals surface area contributed by atoms with E-state index in [0.717, 1.165) is 57.1 Å². The number of hydrogen-bond donors (Lipinski definition) is 1. The van der Waals surface area contributed by atoms with E-state index < -0.39 is 0 Å². The topological polar surface area (TPSA) is 43.0 Å². The molecule has 0 bridgehead atoms. The number of piperazine rings is 1. The molecule has 3 rings (SSSR count). The molecule has 0 unspecified atom stereocenters. The summed E-state index contributed by atoms with van der Waals surface area (Å²) < 4.78 is 16.7. The molecule has 0 spiro atoms. The third-order valence-electron chi connectivity index (χ3n) is 3.97. The number of rotatable bonds is 7. The van der Waals surface area contributed by atoms with Gasteiger partial charge in [-0.25, -0.2) is 0 Å². The Hall–Kier alpha value is -1.72. The molecule has 0 aliphatic carbocycles. The summed E-state index contributed by atoms with van der Waals surface area (Å²) in [6.07, 6.45) is 4.98. The van der Waals surface area contributed by atoms with Crippen LogP contribution in [-0.2, 0) is 9.47 Å². The molecule has 1 N–H and O–H groups in total. The van der Waals surface area contributed by atoms with Crippen LogP contribution in [0.15, 0.2) is 36.8 Å². The lowest BCUT2D eigenvalue weighted by atomic mass is 10.2. The van der Waals surface area contributed by atoms with Gasteiger partial charge < -0.3 is 24.4 Å². The highest BCUT2D eigenvalue weighted by Gasteiger charge is 2.19. The van der Waals surface area contributed by atoms with Crippen molar-refractivity contribution in [2.24, 2.45) is 0 Å². The minimum absolute atomic E-state index is 0.378. The number of nitrogens with zero attached hydrogens (tertiary/aromatic N) is 1. The van der Waals surface area contributed by atoms with E-state index in [4.69, 9.17) is 14.2 Å². The second kappa shape index (κ2) is 8.06. The zero-order valence-electron chi connectivity index (χ0n) is 12.9. The van der Waals surface area contributed by atoms with E-state index in [2.05, 4.69) is 10.2 Å². The molecule has 1 saturated heterocycles. The summed E-state index contributed by atoms with van der Waals surface area (Å²) in [5.41, 5.74) is 0.939. The Morgan fingerprint density at radius 2 is 1.86 bits per heavy atom. The van der Waals surface area contributed by atoms with Crippen LogP contribution in [0.5, 0.6) is 5.75 Å². The van der Waals surface area contributed by atoms with Crippen molar-refractivity contribution in [3.8, 4) is 5.75 Å². The first-order valence-corrected chi connectivity index (χ1v) is 8.04. The molecular formula is C17H24N2O3. The molecule has 0 atom stereocenters. The Labute approximate surface area is 131 Å². The molecule has 120 valence electrons. The summed E-state index contributed by atoms with van der Waals surface area (Å²) >= 11 is 0. The van der Waals surface area contributed by atoms with Gasteiger partial charge in [0.25, 0.3) is 6.29 Å². The average Bonchev–Trinajstić information content (AvgIpc) is 3.10. The molecule has 1 aromatic rings. The van der Waals surface area contributed by atoms with Gasteiger partial charge in [-0.1, -0.05) is 12.1 Å². The minimum atomic E-state index is -0.378. The highest BCUT2D eigenvalue weighted by atomic mass is 16.7. The lowest BCUT2D eigenvalue weighted by Gasteiger charge is -2.27. The Balaban J connectivity index is 1.39. The Morgan fingerprint density at radius 3 is 2.68 bits per heavy atom. The normalized spacial score (nSPS) is 18.9. The molecule has 2 aliphatic heterocycles. The first-order valence-electron chi connectivity index (χ1n) is 8.04. The number of hydrogen-bond acceptors (Lipinski definition) is 5. The van der Waals surface area contributed by atoms with Crippen molar-refractivity contribution in [2.75, 3.05) is 39.3 Å². The SMILES string of the molecule is C1=COC(c2ccccc2OCCCCN2CCNCC2)O1. The van der Waals surface area contributed by atoms with Crippen molar-refractivity contribution in [2.45, 2.75) is 19.1 Å². The standard InChI is InChI=1S/C17H24N2O3/c1-2-6-16(15(5-1)17-21-13-14-22-17)20-12-4-3-9-19-10-7-18-8-11-19/h1-2,5-6,13-14,17-18H,3-4,7-12H2. The summed E-state index contributed by atoms with van der Waals surface area (Å²) in [7, 11) is 0.